The number of anilines is 1. The number of rotatable bonds is 6. The van der Waals surface area contributed by atoms with Gasteiger partial charge in [0.15, 0.2) is 0 Å². The Morgan fingerprint density at radius 1 is 1.26 bits per heavy atom. The third kappa shape index (κ3) is 5.15. The van der Waals surface area contributed by atoms with E-state index in [1.165, 1.54) is 0 Å². The molecule has 1 aliphatic heterocycles. The standard InChI is InChI=1S/C19H27N5O.2ClH/c1-16(23(2)17-7-4-3-5-8-17)15-21-18(25)19(9-12-20-13-10-19)24-14-6-11-22-24;;/h3-8,11,14,16,20H,9-10,12-13,15H2,1-2H3,(H,21,25);2*1H. The minimum Gasteiger partial charge on any atom is -0.370 e. The van der Waals surface area contributed by atoms with E-state index < -0.39 is 5.54 Å². The van der Waals surface area contributed by atoms with Crippen LogP contribution in [0.15, 0.2) is 48.8 Å². The first-order valence-electron chi connectivity index (χ1n) is 8.90. The molecule has 150 valence electrons. The Morgan fingerprint density at radius 2 is 1.93 bits per heavy atom. The number of nitrogens with one attached hydrogen (secondary N) is 2. The predicted molar refractivity (Wildman–Crippen MR) is 114 cm³/mol. The van der Waals surface area contributed by atoms with Gasteiger partial charge in [0.25, 0.3) is 0 Å². The van der Waals surface area contributed by atoms with Gasteiger partial charge >= 0.3 is 0 Å². The zero-order valence-electron chi connectivity index (χ0n) is 15.8. The van der Waals surface area contributed by atoms with Crippen LogP contribution < -0.4 is 15.5 Å². The lowest BCUT2D eigenvalue weighted by Crippen LogP contribution is -2.56. The molecule has 1 aromatic heterocycles. The largest absolute Gasteiger partial charge is 0.370 e. The lowest BCUT2D eigenvalue weighted by Gasteiger charge is -2.37. The van der Waals surface area contributed by atoms with E-state index in [9.17, 15) is 4.79 Å². The second-order valence-corrected chi connectivity index (χ2v) is 6.74. The highest BCUT2D eigenvalue weighted by Gasteiger charge is 2.41. The van der Waals surface area contributed by atoms with Crippen molar-refractivity contribution < 1.29 is 4.79 Å². The van der Waals surface area contributed by atoms with Crippen molar-refractivity contribution in [3.8, 4) is 0 Å². The van der Waals surface area contributed by atoms with Crippen LogP contribution in [0.3, 0.4) is 0 Å². The van der Waals surface area contributed by atoms with Crippen molar-refractivity contribution in [3.05, 3.63) is 48.8 Å². The molecule has 1 saturated heterocycles. The molecule has 1 amide bonds. The third-order valence-electron chi connectivity index (χ3n) is 5.18. The maximum absolute atomic E-state index is 13.1. The number of carbonyl (C=O) groups excluding carboxylic acids is 1. The fraction of sp³-hybridized carbons (Fsp3) is 0.474. The topological polar surface area (TPSA) is 62.2 Å². The number of amides is 1. The minimum absolute atomic E-state index is 0. The summed E-state index contributed by atoms with van der Waals surface area (Å²) < 4.78 is 1.83. The van der Waals surface area contributed by atoms with Crippen LogP contribution in [-0.4, -0.2) is 48.4 Å². The average molecular weight is 414 g/mol. The second-order valence-electron chi connectivity index (χ2n) is 6.74. The summed E-state index contributed by atoms with van der Waals surface area (Å²) in [4.78, 5) is 15.2. The molecule has 2 aromatic rings. The molecule has 1 aromatic carbocycles. The van der Waals surface area contributed by atoms with Crippen molar-refractivity contribution in [3.63, 3.8) is 0 Å². The van der Waals surface area contributed by atoms with E-state index >= 15 is 0 Å². The van der Waals surface area contributed by atoms with Gasteiger partial charge in [-0.15, -0.1) is 24.8 Å². The number of hydrogen-bond acceptors (Lipinski definition) is 4. The summed E-state index contributed by atoms with van der Waals surface area (Å²) in [5.74, 6) is 0.0611. The van der Waals surface area contributed by atoms with Crippen molar-refractivity contribution >= 4 is 36.4 Å². The normalized spacial score (nSPS) is 16.4. The Kier molecular flexibility index (Phi) is 9.09. The number of para-hydroxylation sites is 1. The van der Waals surface area contributed by atoms with E-state index in [-0.39, 0.29) is 36.8 Å². The zero-order valence-corrected chi connectivity index (χ0v) is 17.4. The van der Waals surface area contributed by atoms with E-state index in [1.54, 1.807) is 6.20 Å². The van der Waals surface area contributed by atoms with Crippen LogP contribution in [0.4, 0.5) is 5.69 Å². The number of hydrogen-bond donors (Lipinski definition) is 2. The molecule has 1 aliphatic rings. The van der Waals surface area contributed by atoms with E-state index in [2.05, 4.69) is 46.7 Å². The molecule has 27 heavy (non-hydrogen) atoms. The molecule has 0 saturated carbocycles. The van der Waals surface area contributed by atoms with Gasteiger partial charge in [0.1, 0.15) is 5.54 Å². The Bertz CT molecular complexity index is 675. The maximum atomic E-state index is 13.1. The monoisotopic (exact) mass is 413 g/mol. The maximum Gasteiger partial charge on any atom is 0.248 e. The molecule has 3 rings (SSSR count). The number of benzene rings is 1. The Labute approximate surface area is 173 Å². The summed E-state index contributed by atoms with van der Waals surface area (Å²) in [5, 5.41) is 10.9. The van der Waals surface area contributed by atoms with Crippen LogP contribution in [0.2, 0.25) is 0 Å². The quantitative estimate of drug-likeness (QED) is 0.763. The highest BCUT2D eigenvalue weighted by molar-refractivity contribution is 5.86. The third-order valence-corrected chi connectivity index (χ3v) is 5.18. The van der Waals surface area contributed by atoms with Crippen molar-refractivity contribution in [1.82, 2.24) is 20.4 Å². The number of nitrogens with zero attached hydrogens (tertiary/aromatic N) is 3. The van der Waals surface area contributed by atoms with Gasteiger partial charge in [-0.2, -0.15) is 5.10 Å². The van der Waals surface area contributed by atoms with Crippen LogP contribution in [-0.2, 0) is 10.3 Å². The van der Waals surface area contributed by atoms with Crippen LogP contribution in [0, 0.1) is 0 Å². The van der Waals surface area contributed by atoms with Gasteiger partial charge in [0.2, 0.25) is 5.91 Å². The summed E-state index contributed by atoms with van der Waals surface area (Å²) >= 11 is 0. The average Bonchev–Trinajstić information content (AvgIpc) is 3.21. The Balaban J connectivity index is 0.00000182. The van der Waals surface area contributed by atoms with Crippen molar-refractivity contribution in [1.29, 1.82) is 0 Å². The number of aromatic nitrogens is 2. The summed E-state index contributed by atoms with van der Waals surface area (Å²) in [6.07, 6.45) is 5.14. The molecule has 0 aliphatic carbocycles. The smallest absolute Gasteiger partial charge is 0.248 e. The van der Waals surface area contributed by atoms with Gasteiger partial charge in [-0.1, -0.05) is 18.2 Å². The first-order valence-corrected chi connectivity index (χ1v) is 8.90. The van der Waals surface area contributed by atoms with E-state index in [1.807, 2.05) is 35.1 Å². The molecule has 1 fully saturated rings. The van der Waals surface area contributed by atoms with Crippen LogP contribution >= 0.6 is 24.8 Å². The van der Waals surface area contributed by atoms with Gasteiger partial charge < -0.3 is 15.5 Å². The van der Waals surface area contributed by atoms with Gasteiger partial charge in [0, 0.05) is 37.7 Å². The SMILES string of the molecule is CC(CNC(=O)C1(n2cccn2)CCNCC1)N(C)c1ccccc1.Cl.Cl. The molecule has 1 atom stereocenters. The number of likely N-dealkylation sites (N-methyl/N-ethyl adjacent to an activating group) is 1. The molecule has 0 spiro atoms. The number of halogens is 2. The molecular weight excluding hydrogens is 385 g/mol. The fourth-order valence-electron chi connectivity index (χ4n) is 3.38. The second kappa shape index (κ2) is 10.5. The van der Waals surface area contributed by atoms with Crippen LogP contribution in [0.1, 0.15) is 19.8 Å². The lowest BCUT2D eigenvalue weighted by molar-refractivity contribution is -0.132. The van der Waals surface area contributed by atoms with Gasteiger partial charge in [-0.25, -0.2) is 0 Å². The van der Waals surface area contributed by atoms with Crippen molar-refractivity contribution in [2.75, 3.05) is 31.6 Å². The van der Waals surface area contributed by atoms with Crippen molar-refractivity contribution in [2.45, 2.75) is 31.3 Å². The molecule has 1 unspecified atom stereocenters. The highest BCUT2D eigenvalue weighted by atomic mass is 35.5. The number of carbonyl (C=O) groups is 1. The number of piperidine rings is 1. The van der Waals surface area contributed by atoms with Gasteiger partial charge in [-0.3, -0.25) is 9.48 Å². The van der Waals surface area contributed by atoms with Crippen LogP contribution in [0.5, 0.6) is 0 Å². The van der Waals surface area contributed by atoms with E-state index in [0.29, 0.717) is 6.54 Å². The minimum atomic E-state index is -0.584. The lowest BCUT2D eigenvalue weighted by atomic mass is 9.87. The van der Waals surface area contributed by atoms with Gasteiger partial charge in [0.05, 0.1) is 0 Å². The molecule has 8 heteroatoms. The first kappa shape index (κ1) is 23.3. The summed E-state index contributed by atoms with van der Waals surface area (Å²) in [5.41, 5.74) is 0.563. The van der Waals surface area contributed by atoms with Crippen LogP contribution in [0.25, 0.3) is 0 Å². The fourth-order valence-corrected chi connectivity index (χ4v) is 3.38. The Hall–Kier alpha value is -1.76. The van der Waals surface area contributed by atoms with E-state index in [0.717, 1.165) is 31.6 Å². The van der Waals surface area contributed by atoms with Crippen molar-refractivity contribution in [2.24, 2.45) is 0 Å². The zero-order chi connectivity index (χ0) is 17.7. The summed E-state index contributed by atoms with van der Waals surface area (Å²) in [6.45, 7) is 4.37. The molecule has 2 N–H and O–H groups in total. The molecule has 0 radical (unpaired) electrons. The molecule has 0 bridgehead atoms. The molecular formula is C19H29Cl2N5O. The molecule has 2 heterocycles. The summed E-state index contributed by atoms with van der Waals surface area (Å²) in [7, 11) is 2.06. The van der Waals surface area contributed by atoms with Gasteiger partial charge in [-0.05, 0) is 51.1 Å². The van der Waals surface area contributed by atoms with E-state index in [4.69, 9.17) is 0 Å². The summed E-state index contributed by atoms with van der Waals surface area (Å²) in [6, 6.07) is 12.3. The highest BCUT2D eigenvalue weighted by Crippen LogP contribution is 2.27. The first-order chi connectivity index (χ1) is 12.1. The predicted octanol–water partition coefficient (Wildman–Crippen LogP) is 2.45. The molecule has 6 nitrogen and oxygen atoms in total. The Morgan fingerprint density at radius 3 is 2.52 bits per heavy atom.